The van der Waals surface area contributed by atoms with Crippen LogP contribution in [-0.2, 0) is 4.79 Å². The number of likely N-dealkylation sites (N-methyl/N-ethyl adjacent to an activating group) is 1. The number of amides is 1. The molecule has 9 heavy (non-hydrogen) atoms. The lowest BCUT2D eigenvalue weighted by Crippen LogP contribution is -2.41. The highest BCUT2D eigenvalue weighted by Gasteiger charge is 2.21. The van der Waals surface area contributed by atoms with Crippen molar-refractivity contribution in [3.05, 3.63) is 0 Å². The first-order valence-electron chi connectivity index (χ1n) is 2.99. The Kier molecular flexibility index (Phi) is 2.65. The average molecular weight is 131 g/mol. The molecule has 0 aromatic carbocycles. The highest BCUT2D eigenvalue weighted by atomic mass is 16.3. The largest absolute Gasteiger partial charge is 0.381 e. The van der Waals surface area contributed by atoms with Crippen LogP contribution in [0.1, 0.15) is 20.8 Å². The molecule has 0 bridgehead atoms. The van der Waals surface area contributed by atoms with E-state index in [1.807, 2.05) is 6.92 Å². The maximum atomic E-state index is 10.7. The predicted molar refractivity (Wildman–Crippen MR) is 35.0 cm³/mol. The molecule has 0 saturated heterocycles. The Morgan fingerprint density at radius 2 is 2.11 bits per heavy atom. The molecule has 0 aliphatic rings. The quantitative estimate of drug-likeness (QED) is 0.549. The summed E-state index contributed by atoms with van der Waals surface area (Å²) in [4.78, 5) is 10.7. The lowest BCUT2D eigenvalue weighted by molar-refractivity contribution is -0.136. The summed E-state index contributed by atoms with van der Waals surface area (Å²) in [7, 11) is 0. The Balaban J connectivity index is 3.74. The SMILES string of the molecule is CCNC(=O)C(C)(C)O. The molecule has 1 amide bonds. The Morgan fingerprint density at radius 3 is 2.22 bits per heavy atom. The third kappa shape index (κ3) is 3.08. The van der Waals surface area contributed by atoms with Crippen LogP contribution in [0.15, 0.2) is 0 Å². The van der Waals surface area contributed by atoms with Gasteiger partial charge in [0.1, 0.15) is 5.60 Å². The van der Waals surface area contributed by atoms with E-state index in [-0.39, 0.29) is 5.91 Å². The van der Waals surface area contributed by atoms with Crippen molar-refractivity contribution in [2.24, 2.45) is 0 Å². The van der Waals surface area contributed by atoms with Crippen molar-refractivity contribution in [2.45, 2.75) is 26.4 Å². The van der Waals surface area contributed by atoms with Crippen molar-refractivity contribution >= 4 is 5.91 Å². The first-order chi connectivity index (χ1) is 3.98. The van der Waals surface area contributed by atoms with E-state index in [9.17, 15) is 4.79 Å². The molecule has 0 spiro atoms. The van der Waals surface area contributed by atoms with Gasteiger partial charge < -0.3 is 10.4 Å². The van der Waals surface area contributed by atoms with Crippen molar-refractivity contribution in [3.63, 3.8) is 0 Å². The van der Waals surface area contributed by atoms with Crippen molar-refractivity contribution < 1.29 is 9.90 Å². The summed E-state index contributed by atoms with van der Waals surface area (Å²) in [5, 5.41) is 11.5. The number of carbonyl (C=O) groups excluding carboxylic acids is 1. The highest BCUT2D eigenvalue weighted by Crippen LogP contribution is 1.98. The van der Waals surface area contributed by atoms with E-state index in [1.54, 1.807) is 0 Å². The van der Waals surface area contributed by atoms with Gasteiger partial charge in [-0.2, -0.15) is 0 Å². The van der Waals surface area contributed by atoms with E-state index in [0.717, 1.165) is 0 Å². The fourth-order valence-electron chi connectivity index (χ4n) is 0.377. The number of hydrogen-bond acceptors (Lipinski definition) is 2. The summed E-state index contributed by atoms with van der Waals surface area (Å²) in [5.41, 5.74) is -1.24. The summed E-state index contributed by atoms with van der Waals surface area (Å²) >= 11 is 0. The standard InChI is InChI=1S/C6H13NO2/c1-4-7-5(8)6(2,3)9/h9H,4H2,1-3H3,(H,7,8). The van der Waals surface area contributed by atoms with Gasteiger partial charge in [0.25, 0.3) is 5.91 Å². The second kappa shape index (κ2) is 2.82. The van der Waals surface area contributed by atoms with Gasteiger partial charge in [-0.3, -0.25) is 4.79 Å². The Bertz CT molecular complexity index is 104. The Hall–Kier alpha value is -0.570. The topological polar surface area (TPSA) is 49.3 Å². The van der Waals surface area contributed by atoms with Crippen molar-refractivity contribution in [1.82, 2.24) is 5.32 Å². The number of carbonyl (C=O) groups is 1. The molecule has 0 aliphatic carbocycles. The minimum absolute atomic E-state index is 0.329. The van der Waals surface area contributed by atoms with E-state index in [4.69, 9.17) is 5.11 Å². The molecule has 3 nitrogen and oxygen atoms in total. The molecular formula is C6H13NO2. The summed E-state index contributed by atoms with van der Waals surface area (Å²) in [6.45, 7) is 5.28. The van der Waals surface area contributed by atoms with E-state index < -0.39 is 5.60 Å². The molecule has 0 aromatic heterocycles. The second-order valence-electron chi connectivity index (χ2n) is 2.42. The van der Waals surface area contributed by atoms with Crippen LogP contribution >= 0.6 is 0 Å². The normalized spacial score (nSPS) is 11.1. The molecule has 0 radical (unpaired) electrons. The number of nitrogens with one attached hydrogen (secondary N) is 1. The van der Waals surface area contributed by atoms with E-state index in [0.29, 0.717) is 6.54 Å². The van der Waals surface area contributed by atoms with Gasteiger partial charge in [0.15, 0.2) is 0 Å². The van der Waals surface area contributed by atoms with Crippen LogP contribution in [-0.4, -0.2) is 23.2 Å². The molecule has 2 N–H and O–H groups in total. The van der Waals surface area contributed by atoms with Gasteiger partial charge in [-0.15, -0.1) is 0 Å². The third-order valence-electron chi connectivity index (χ3n) is 0.893. The maximum Gasteiger partial charge on any atom is 0.251 e. The van der Waals surface area contributed by atoms with Crippen LogP contribution in [0.5, 0.6) is 0 Å². The van der Waals surface area contributed by atoms with E-state index in [1.165, 1.54) is 13.8 Å². The van der Waals surface area contributed by atoms with E-state index in [2.05, 4.69) is 5.32 Å². The molecule has 0 saturated carbocycles. The first kappa shape index (κ1) is 8.43. The van der Waals surface area contributed by atoms with Crippen molar-refractivity contribution in [2.75, 3.05) is 6.54 Å². The monoisotopic (exact) mass is 131 g/mol. The fraction of sp³-hybridized carbons (Fsp3) is 0.833. The molecule has 0 aliphatic heterocycles. The highest BCUT2D eigenvalue weighted by molar-refractivity contribution is 5.83. The van der Waals surface area contributed by atoms with Crippen molar-refractivity contribution in [3.8, 4) is 0 Å². The third-order valence-corrected chi connectivity index (χ3v) is 0.893. The second-order valence-corrected chi connectivity index (χ2v) is 2.42. The molecular weight excluding hydrogens is 118 g/mol. The first-order valence-corrected chi connectivity index (χ1v) is 2.99. The zero-order valence-electron chi connectivity index (χ0n) is 6.06. The minimum atomic E-state index is -1.24. The lowest BCUT2D eigenvalue weighted by atomic mass is 10.1. The summed E-state index contributed by atoms with van der Waals surface area (Å²) in [6.07, 6.45) is 0. The minimum Gasteiger partial charge on any atom is -0.381 e. The Morgan fingerprint density at radius 1 is 1.67 bits per heavy atom. The molecule has 54 valence electrons. The molecule has 3 heteroatoms. The van der Waals surface area contributed by atoms with Gasteiger partial charge in [0, 0.05) is 6.54 Å². The Labute approximate surface area is 55.1 Å². The molecule has 0 unspecified atom stereocenters. The van der Waals surface area contributed by atoms with Gasteiger partial charge in [-0.1, -0.05) is 0 Å². The van der Waals surface area contributed by atoms with Crippen LogP contribution in [0, 0.1) is 0 Å². The van der Waals surface area contributed by atoms with Crippen LogP contribution in [0.25, 0.3) is 0 Å². The van der Waals surface area contributed by atoms with Gasteiger partial charge in [0.05, 0.1) is 0 Å². The number of aliphatic hydroxyl groups is 1. The van der Waals surface area contributed by atoms with Gasteiger partial charge in [0.2, 0.25) is 0 Å². The maximum absolute atomic E-state index is 10.7. The molecule has 0 atom stereocenters. The molecule has 0 fully saturated rings. The zero-order chi connectivity index (χ0) is 7.49. The summed E-state index contributed by atoms with van der Waals surface area (Å²) in [6, 6.07) is 0. The van der Waals surface area contributed by atoms with Crippen molar-refractivity contribution in [1.29, 1.82) is 0 Å². The fourth-order valence-corrected chi connectivity index (χ4v) is 0.377. The van der Waals surface area contributed by atoms with E-state index >= 15 is 0 Å². The smallest absolute Gasteiger partial charge is 0.251 e. The zero-order valence-corrected chi connectivity index (χ0v) is 6.06. The number of hydrogen-bond donors (Lipinski definition) is 2. The van der Waals surface area contributed by atoms with Gasteiger partial charge in [-0.25, -0.2) is 0 Å². The van der Waals surface area contributed by atoms with Gasteiger partial charge >= 0.3 is 0 Å². The average Bonchev–Trinajstić information content (AvgIpc) is 1.64. The molecule has 0 heterocycles. The van der Waals surface area contributed by atoms with Crippen LogP contribution in [0.2, 0.25) is 0 Å². The summed E-state index contributed by atoms with van der Waals surface area (Å²) in [5.74, 6) is -0.329. The predicted octanol–water partition coefficient (Wildman–Crippen LogP) is -0.107. The molecule has 0 aromatic rings. The summed E-state index contributed by atoms with van der Waals surface area (Å²) < 4.78 is 0. The van der Waals surface area contributed by atoms with Crippen LogP contribution < -0.4 is 5.32 Å². The number of rotatable bonds is 2. The van der Waals surface area contributed by atoms with Crippen LogP contribution in [0.4, 0.5) is 0 Å². The lowest BCUT2D eigenvalue weighted by Gasteiger charge is -2.14. The van der Waals surface area contributed by atoms with Crippen LogP contribution in [0.3, 0.4) is 0 Å². The van der Waals surface area contributed by atoms with Gasteiger partial charge in [-0.05, 0) is 20.8 Å². The molecule has 0 rings (SSSR count).